The van der Waals surface area contributed by atoms with Gasteiger partial charge in [0.05, 0.1) is 19.1 Å². The number of ether oxygens (including phenoxy) is 2. The van der Waals surface area contributed by atoms with Crippen LogP contribution in [0.1, 0.15) is 24.8 Å². The zero-order valence-electron chi connectivity index (χ0n) is 10.8. The van der Waals surface area contributed by atoms with Gasteiger partial charge in [0.25, 0.3) is 0 Å². The number of hydrogen-bond donors (Lipinski definition) is 1. The Balaban J connectivity index is 3.40. The lowest BCUT2D eigenvalue weighted by Crippen LogP contribution is -2.12. The molecule has 1 rings (SSSR count). The standard InChI is InChI=1S/C12H18N2O4/c1-4-8(7-13)9-5-10(14(15)16)12(18-3)11(6-9)17-2/h5-6,8H,4,7,13H2,1-3H3. The number of nitrogens with zero attached hydrogens (tertiary/aromatic N) is 1. The number of benzene rings is 1. The van der Waals surface area contributed by atoms with E-state index < -0.39 is 4.92 Å². The SMILES string of the molecule is CCC(CN)c1cc(OC)c(OC)c([N+](=O)[O-])c1. The molecular weight excluding hydrogens is 236 g/mol. The van der Waals surface area contributed by atoms with Gasteiger partial charge in [-0.3, -0.25) is 10.1 Å². The molecule has 0 aliphatic carbocycles. The molecule has 0 aliphatic rings. The molecule has 0 spiro atoms. The molecule has 0 fully saturated rings. The third-order valence-electron chi connectivity index (χ3n) is 2.93. The minimum absolute atomic E-state index is 0.0727. The van der Waals surface area contributed by atoms with Crippen molar-refractivity contribution in [3.63, 3.8) is 0 Å². The maximum Gasteiger partial charge on any atom is 0.315 e. The van der Waals surface area contributed by atoms with Gasteiger partial charge >= 0.3 is 5.69 Å². The second-order valence-corrected chi connectivity index (χ2v) is 3.87. The van der Waals surface area contributed by atoms with E-state index in [1.54, 1.807) is 6.07 Å². The maximum absolute atomic E-state index is 11.0. The van der Waals surface area contributed by atoms with Crippen LogP contribution in [0.4, 0.5) is 5.69 Å². The molecule has 0 saturated heterocycles. The topological polar surface area (TPSA) is 87.6 Å². The van der Waals surface area contributed by atoms with Crippen molar-refractivity contribution >= 4 is 5.69 Å². The van der Waals surface area contributed by atoms with Gasteiger partial charge in [-0.15, -0.1) is 0 Å². The smallest absolute Gasteiger partial charge is 0.315 e. The van der Waals surface area contributed by atoms with Crippen molar-refractivity contribution in [1.29, 1.82) is 0 Å². The van der Waals surface area contributed by atoms with E-state index in [0.29, 0.717) is 12.3 Å². The van der Waals surface area contributed by atoms with Gasteiger partial charge in [0.1, 0.15) is 0 Å². The highest BCUT2D eigenvalue weighted by atomic mass is 16.6. The van der Waals surface area contributed by atoms with Gasteiger partial charge in [-0.05, 0) is 30.5 Å². The largest absolute Gasteiger partial charge is 0.493 e. The zero-order chi connectivity index (χ0) is 13.7. The molecule has 100 valence electrons. The first-order chi connectivity index (χ1) is 8.58. The average Bonchev–Trinajstić information content (AvgIpc) is 2.38. The van der Waals surface area contributed by atoms with Crippen molar-refractivity contribution < 1.29 is 14.4 Å². The molecule has 0 aromatic heterocycles. The van der Waals surface area contributed by atoms with E-state index in [-0.39, 0.29) is 17.4 Å². The molecule has 0 amide bonds. The Labute approximate surface area is 106 Å². The molecule has 0 saturated carbocycles. The van der Waals surface area contributed by atoms with Crippen LogP contribution in [0, 0.1) is 10.1 Å². The summed E-state index contributed by atoms with van der Waals surface area (Å²) < 4.78 is 10.2. The van der Waals surface area contributed by atoms with Crippen LogP contribution in [0.5, 0.6) is 11.5 Å². The quantitative estimate of drug-likeness (QED) is 0.620. The molecule has 0 heterocycles. The van der Waals surface area contributed by atoms with Crippen molar-refractivity contribution in [2.24, 2.45) is 5.73 Å². The summed E-state index contributed by atoms with van der Waals surface area (Å²) >= 11 is 0. The lowest BCUT2D eigenvalue weighted by Gasteiger charge is -2.15. The van der Waals surface area contributed by atoms with Crippen molar-refractivity contribution in [3.8, 4) is 11.5 Å². The monoisotopic (exact) mass is 254 g/mol. The molecule has 6 heteroatoms. The second kappa shape index (κ2) is 6.20. The third-order valence-corrected chi connectivity index (χ3v) is 2.93. The first kappa shape index (κ1) is 14.2. The number of hydrogen-bond acceptors (Lipinski definition) is 5. The van der Waals surface area contributed by atoms with Gasteiger partial charge in [-0.2, -0.15) is 0 Å². The molecule has 6 nitrogen and oxygen atoms in total. The highest BCUT2D eigenvalue weighted by Crippen LogP contribution is 2.40. The molecule has 0 radical (unpaired) electrons. The van der Waals surface area contributed by atoms with Crippen molar-refractivity contribution in [2.75, 3.05) is 20.8 Å². The molecule has 1 atom stereocenters. The summed E-state index contributed by atoms with van der Waals surface area (Å²) in [7, 11) is 2.83. The van der Waals surface area contributed by atoms with Gasteiger partial charge in [-0.1, -0.05) is 6.92 Å². The Morgan fingerprint density at radius 2 is 2.06 bits per heavy atom. The molecule has 18 heavy (non-hydrogen) atoms. The summed E-state index contributed by atoms with van der Waals surface area (Å²) in [4.78, 5) is 10.6. The molecule has 2 N–H and O–H groups in total. The lowest BCUT2D eigenvalue weighted by atomic mass is 9.95. The van der Waals surface area contributed by atoms with Crippen LogP contribution in [0.3, 0.4) is 0 Å². The first-order valence-electron chi connectivity index (χ1n) is 5.69. The minimum atomic E-state index is -0.478. The minimum Gasteiger partial charge on any atom is -0.493 e. The number of nitro groups is 1. The predicted octanol–water partition coefficient (Wildman–Crippen LogP) is 2.06. The third kappa shape index (κ3) is 2.70. The van der Waals surface area contributed by atoms with Crippen LogP contribution in [-0.2, 0) is 0 Å². The van der Waals surface area contributed by atoms with Crippen molar-refractivity contribution in [1.82, 2.24) is 0 Å². The Kier molecular flexibility index (Phi) is 4.91. The number of nitro benzene ring substituents is 1. The molecule has 1 unspecified atom stereocenters. The number of nitrogens with two attached hydrogens (primary N) is 1. The summed E-state index contributed by atoms with van der Waals surface area (Å²) in [5, 5.41) is 11.0. The van der Waals surface area contributed by atoms with Gasteiger partial charge in [0, 0.05) is 6.07 Å². The van der Waals surface area contributed by atoms with Crippen LogP contribution < -0.4 is 15.2 Å². The van der Waals surface area contributed by atoms with E-state index in [1.165, 1.54) is 20.3 Å². The fourth-order valence-electron chi connectivity index (χ4n) is 1.87. The lowest BCUT2D eigenvalue weighted by molar-refractivity contribution is -0.385. The summed E-state index contributed by atoms with van der Waals surface area (Å²) in [6, 6.07) is 3.25. The van der Waals surface area contributed by atoms with E-state index in [9.17, 15) is 10.1 Å². The van der Waals surface area contributed by atoms with Gasteiger partial charge in [-0.25, -0.2) is 0 Å². The van der Waals surface area contributed by atoms with Crippen LogP contribution >= 0.6 is 0 Å². The second-order valence-electron chi connectivity index (χ2n) is 3.87. The summed E-state index contributed by atoms with van der Waals surface area (Å²) in [5.74, 6) is 0.565. The predicted molar refractivity (Wildman–Crippen MR) is 68.3 cm³/mol. The highest BCUT2D eigenvalue weighted by Gasteiger charge is 2.23. The number of rotatable bonds is 6. The van der Waals surface area contributed by atoms with E-state index in [0.717, 1.165) is 12.0 Å². The molecule has 0 bridgehead atoms. The summed E-state index contributed by atoms with van der Waals surface area (Å²) in [6.45, 7) is 2.42. The number of methoxy groups -OCH3 is 2. The average molecular weight is 254 g/mol. The van der Waals surface area contributed by atoms with Gasteiger partial charge < -0.3 is 15.2 Å². The van der Waals surface area contributed by atoms with E-state index >= 15 is 0 Å². The van der Waals surface area contributed by atoms with Crippen molar-refractivity contribution in [3.05, 3.63) is 27.8 Å². The van der Waals surface area contributed by atoms with E-state index in [4.69, 9.17) is 15.2 Å². The van der Waals surface area contributed by atoms with E-state index in [2.05, 4.69) is 0 Å². The Morgan fingerprint density at radius 3 is 2.44 bits per heavy atom. The van der Waals surface area contributed by atoms with Crippen molar-refractivity contribution in [2.45, 2.75) is 19.3 Å². The Hall–Kier alpha value is -1.82. The van der Waals surface area contributed by atoms with Gasteiger partial charge in [0.2, 0.25) is 5.75 Å². The molecule has 1 aromatic carbocycles. The molecule has 1 aromatic rings. The first-order valence-corrected chi connectivity index (χ1v) is 5.69. The van der Waals surface area contributed by atoms with Crippen LogP contribution in [0.15, 0.2) is 12.1 Å². The summed E-state index contributed by atoms with van der Waals surface area (Å²) in [6.07, 6.45) is 0.809. The normalized spacial score (nSPS) is 12.0. The van der Waals surface area contributed by atoms with Crippen LogP contribution in [0.2, 0.25) is 0 Å². The van der Waals surface area contributed by atoms with Crippen LogP contribution in [0.25, 0.3) is 0 Å². The molecular formula is C12H18N2O4. The maximum atomic E-state index is 11.0. The molecule has 0 aliphatic heterocycles. The fourth-order valence-corrected chi connectivity index (χ4v) is 1.87. The fraction of sp³-hybridized carbons (Fsp3) is 0.500. The zero-order valence-corrected chi connectivity index (χ0v) is 10.8. The summed E-state index contributed by atoms with van der Waals surface area (Å²) in [5.41, 5.74) is 6.36. The van der Waals surface area contributed by atoms with Gasteiger partial charge in [0.15, 0.2) is 5.75 Å². The Bertz CT molecular complexity index is 430. The van der Waals surface area contributed by atoms with E-state index in [1.807, 2.05) is 6.92 Å². The Morgan fingerprint density at radius 1 is 1.39 bits per heavy atom. The van der Waals surface area contributed by atoms with Crippen LogP contribution in [-0.4, -0.2) is 25.7 Å². The highest BCUT2D eigenvalue weighted by molar-refractivity contribution is 5.58.